The molecule has 1 rings (SSSR count). The van der Waals surface area contributed by atoms with Gasteiger partial charge in [0, 0.05) is 12.1 Å². The molecule has 0 aliphatic carbocycles. The van der Waals surface area contributed by atoms with Crippen LogP contribution >= 0.6 is 0 Å². The van der Waals surface area contributed by atoms with Crippen LogP contribution in [0.3, 0.4) is 0 Å². The molecule has 1 aromatic carbocycles. The van der Waals surface area contributed by atoms with Gasteiger partial charge in [0.25, 0.3) is 0 Å². The van der Waals surface area contributed by atoms with Crippen molar-refractivity contribution in [1.82, 2.24) is 5.32 Å². The predicted octanol–water partition coefficient (Wildman–Crippen LogP) is 3.00. The topological polar surface area (TPSA) is 29.1 Å². The summed E-state index contributed by atoms with van der Waals surface area (Å²) in [6.45, 7) is 4.14. The zero-order valence-electron chi connectivity index (χ0n) is 9.94. The molecular weight excluding hydrogens is 198 g/mol. The van der Waals surface area contributed by atoms with Crippen molar-refractivity contribution in [2.75, 3.05) is 0 Å². The molecule has 1 N–H and O–H groups in total. The average molecular weight is 217 g/mol. The van der Waals surface area contributed by atoms with Crippen LogP contribution in [0, 0.1) is 0 Å². The smallest absolute Gasteiger partial charge is 0.244 e. The minimum Gasteiger partial charge on any atom is -0.350 e. The largest absolute Gasteiger partial charge is 0.350 e. The number of rotatable bonds is 5. The van der Waals surface area contributed by atoms with E-state index in [2.05, 4.69) is 12.2 Å². The Kier molecular flexibility index (Phi) is 5.34. The molecule has 86 valence electrons. The Hall–Kier alpha value is -1.57. The normalized spacial score (nSPS) is 12.6. The van der Waals surface area contributed by atoms with E-state index in [1.54, 1.807) is 6.08 Å². The van der Waals surface area contributed by atoms with Crippen LogP contribution in [0.4, 0.5) is 0 Å². The maximum Gasteiger partial charge on any atom is 0.244 e. The molecule has 0 radical (unpaired) electrons. The van der Waals surface area contributed by atoms with Crippen molar-refractivity contribution in [3.63, 3.8) is 0 Å². The van der Waals surface area contributed by atoms with Gasteiger partial charge in [-0.3, -0.25) is 4.79 Å². The number of carbonyl (C=O) groups excluding carboxylic acids is 1. The van der Waals surface area contributed by atoms with Gasteiger partial charge < -0.3 is 5.32 Å². The molecule has 1 aromatic rings. The summed E-state index contributed by atoms with van der Waals surface area (Å²) < 4.78 is 0. The summed E-state index contributed by atoms with van der Waals surface area (Å²) in [7, 11) is 0. The minimum atomic E-state index is -0.0233. The molecule has 0 fully saturated rings. The monoisotopic (exact) mass is 217 g/mol. The van der Waals surface area contributed by atoms with E-state index < -0.39 is 0 Å². The van der Waals surface area contributed by atoms with Crippen LogP contribution in [0.25, 0.3) is 6.08 Å². The molecule has 0 aromatic heterocycles. The van der Waals surface area contributed by atoms with Gasteiger partial charge in [0.05, 0.1) is 0 Å². The maximum absolute atomic E-state index is 11.5. The van der Waals surface area contributed by atoms with Gasteiger partial charge in [-0.25, -0.2) is 0 Å². The van der Waals surface area contributed by atoms with E-state index in [1.807, 2.05) is 43.3 Å². The SMILES string of the molecule is CCC[C@@H](C)NC(=O)/C=C/c1ccccc1. The van der Waals surface area contributed by atoms with E-state index in [4.69, 9.17) is 0 Å². The molecule has 2 heteroatoms. The lowest BCUT2D eigenvalue weighted by atomic mass is 10.2. The highest BCUT2D eigenvalue weighted by atomic mass is 16.1. The summed E-state index contributed by atoms with van der Waals surface area (Å²) >= 11 is 0. The van der Waals surface area contributed by atoms with Crippen LogP contribution in [0.5, 0.6) is 0 Å². The summed E-state index contributed by atoms with van der Waals surface area (Å²) in [4.78, 5) is 11.5. The van der Waals surface area contributed by atoms with Gasteiger partial charge in [0.1, 0.15) is 0 Å². The lowest BCUT2D eigenvalue weighted by Gasteiger charge is -2.10. The van der Waals surface area contributed by atoms with Gasteiger partial charge in [-0.15, -0.1) is 0 Å². The number of benzene rings is 1. The Morgan fingerprint density at radius 2 is 2.06 bits per heavy atom. The summed E-state index contributed by atoms with van der Waals surface area (Å²) in [5, 5.41) is 2.93. The molecular formula is C14H19NO. The van der Waals surface area contributed by atoms with Crippen molar-refractivity contribution >= 4 is 12.0 Å². The summed E-state index contributed by atoms with van der Waals surface area (Å²) in [5.74, 6) is -0.0233. The van der Waals surface area contributed by atoms with Gasteiger partial charge >= 0.3 is 0 Å². The fourth-order valence-corrected chi connectivity index (χ4v) is 1.53. The van der Waals surface area contributed by atoms with E-state index in [1.165, 1.54) is 0 Å². The van der Waals surface area contributed by atoms with Crippen LogP contribution in [0.2, 0.25) is 0 Å². The molecule has 0 heterocycles. The highest BCUT2D eigenvalue weighted by Gasteiger charge is 2.02. The molecule has 0 bridgehead atoms. The van der Waals surface area contributed by atoms with Crippen molar-refractivity contribution < 1.29 is 4.79 Å². The standard InChI is InChI=1S/C14H19NO/c1-3-7-12(2)15-14(16)11-10-13-8-5-4-6-9-13/h4-6,8-12H,3,7H2,1-2H3,(H,15,16)/b11-10+/t12-/m1/s1. The van der Waals surface area contributed by atoms with Crippen molar-refractivity contribution in [3.05, 3.63) is 42.0 Å². The molecule has 1 atom stereocenters. The van der Waals surface area contributed by atoms with Crippen LogP contribution in [-0.4, -0.2) is 11.9 Å². The number of amides is 1. The minimum absolute atomic E-state index is 0.0233. The zero-order valence-corrected chi connectivity index (χ0v) is 9.94. The zero-order chi connectivity index (χ0) is 11.8. The first-order chi connectivity index (χ1) is 7.72. The van der Waals surface area contributed by atoms with Crippen molar-refractivity contribution in [2.24, 2.45) is 0 Å². The van der Waals surface area contributed by atoms with E-state index in [0.29, 0.717) is 0 Å². The molecule has 1 amide bonds. The lowest BCUT2D eigenvalue weighted by Crippen LogP contribution is -2.30. The molecule has 0 saturated heterocycles. The second kappa shape index (κ2) is 6.83. The van der Waals surface area contributed by atoms with Crippen LogP contribution in [-0.2, 0) is 4.79 Å². The highest BCUT2D eigenvalue weighted by Crippen LogP contribution is 2.01. The Bertz CT molecular complexity index is 343. The molecule has 0 aliphatic rings. The number of hydrogen-bond donors (Lipinski definition) is 1. The summed E-state index contributed by atoms with van der Waals surface area (Å²) in [6, 6.07) is 10.1. The number of carbonyl (C=O) groups is 1. The Morgan fingerprint density at radius 3 is 2.69 bits per heavy atom. The van der Waals surface area contributed by atoms with Crippen molar-refractivity contribution in [1.29, 1.82) is 0 Å². The Labute approximate surface area is 97.4 Å². The first kappa shape index (κ1) is 12.5. The number of nitrogens with one attached hydrogen (secondary N) is 1. The van der Waals surface area contributed by atoms with Gasteiger partial charge in [-0.2, -0.15) is 0 Å². The van der Waals surface area contributed by atoms with Gasteiger partial charge in [-0.05, 0) is 25.0 Å². The third-order valence-electron chi connectivity index (χ3n) is 2.34. The van der Waals surface area contributed by atoms with E-state index in [0.717, 1.165) is 18.4 Å². The van der Waals surface area contributed by atoms with Gasteiger partial charge in [0.15, 0.2) is 0 Å². The van der Waals surface area contributed by atoms with E-state index in [9.17, 15) is 4.79 Å². The molecule has 0 aliphatic heterocycles. The highest BCUT2D eigenvalue weighted by molar-refractivity contribution is 5.91. The quantitative estimate of drug-likeness (QED) is 0.755. The predicted molar refractivity (Wildman–Crippen MR) is 68.0 cm³/mol. The van der Waals surface area contributed by atoms with Crippen LogP contribution in [0.1, 0.15) is 32.3 Å². The average Bonchev–Trinajstić information content (AvgIpc) is 2.28. The van der Waals surface area contributed by atoms with Gasteiger partial charge in [-0.1, -0.05) is 43.7 Å². The lowest BCUT2D eigenvalue weighted by molar-refractivity contribution is -0.117. The number of hydrogen-bond acceptors (Lipinski definition) is 1. The first-order valence-corrected chi connectivity index (χ1v) is 5.76. The Morgan fingerprint density at radius 1 is 1.38 bits per heavy atom. The molecule has 0 spiro atoms. The van der Waals surface area contributed by atoms with Crippen LogP contribution in [0.15, 0.2) is 36.4 Å². The second-order valence-corrected chi connectivity index (χ2v) is 3.94. The summed E-state index contributed by atoms with van der Waals surface area (Å²) in [5.41, 5.74) is 1.04. The molecule has 16 heavy (non-hydrogen) atoms. The summed E-state index contributed by atoms with van der Waals surface area (Å²) in [6.07, 6.45) is 5.52. The molecule has 0 unspecified atom stereocenters. The van der Waals surface area contributed by atoms with E-state index >= 15 is 0 Å². The third-order valence-corrected chi connectivity index (χ3v) is 2.34. The van der Waals surface area contributed by atoms with Crippen molar-refractivity contribution in [3.8, 4) is 0 Å². The van der Waals surface area contributed by atoms with E-state index in [-0.39, 0.29) is 11.9 Å². The molecule has 2 nitrogen and oxygen atoms in total. The Balaban J connectivity index is 2.42. The third kappa shape index (κ3) is 4.78. The fourth-order valence-electron chi connectivity index (χ4n) is 1.53. The molecule has 0 saturated carbocycles. The van der Waals surface area contributed by atoms with Gasteiger partial charge in [0.2, 0.25) is 5.91 Å². The maximum atomic E-state index is 11.5. The fraction of sp³-hybridized carbons (Fsp3) is 0.357. The second-order valence-electron chi connectivity index (χ2n) is 3.94. The first-order valence-electron chi connectivity index (χ1n) is 5.76. The van der Waals surface area contributed by atoms with Crippen molar-refractivity contribution in [2.45, 2.75) is 32.7 Å². The van der Waals surface area contributed by atoms with Crippen LogP contribution < -0.4 is 5.32 Å².